The molecule has 2 rings (SSSR count). The van der Waals surface area contributed by atoms with Crippen LogP contribution in [0, 0.1) is 0 Å². The number of aromatic nitrogens is 1. The molecule has 1 N–H and O–H groups in total. The van der Waals surface area contributed by atoms with E-state index in [9.17, 15) is 0 Å². The van der Waals surface area contributed by atoms with Gasteiger partial charge in [-0.1, -0.05) is 21.6 Å². The third kappa shape index (κ3) is 0.581. The number of rotatable bonds is 0. The second-order valence-corrected chi connectivity index (χ2v) is 4.00. The maximum Gasteiger partial charge on any atom is 0.0455 e. The van der Waals surface area contributed by atoms with Gasteiger partial charge in [0, 0.05) is 22.5 Å². The van der Waals surface area contributed by atoms with Crippen molar-refractivity contribution in [2.24, 2.45) is 0 Å². The van der Waals surface area contributed by atoms with Crippen molar-refractivity contribution >= 4 is 21.6 Å². The lowest BCUT2D eigenvalue weighted by Crippen LogP contribution is -1.70. The van der Waals surface area contributed by atoms with E-state index in [1.165, 1.54) is 10.6 Å². The van der Waals surface area contributed by atoms with Crippen molar-refractivity contribution in [3.05, 3.63) is 18.0 Å². The van der Waals surface area contributed by atoms with Gasteiger partial charge in [0.05, 0.1) is 0 Å². The van der Waals surface area contributed by atoms with E-state index in [1.807, 2.05) is 27.8 Å². The summed E-state index contributed by atoms with van der Waals surface area (Å²) in [5.74, 6) is 1.15. The predicted octanol–water partition coefficient (Wildman–Crippen LogP) is 2.27. The van der Waals surface area contributed by atoms with Crippen LogP contribution in [0.5, 0.6) is 0 Å². The SMILES string of the molecule is c1cc2c([nH]1)CSS2. The Bertz CT molecular complexity index is 176. The van der Waals surface area contributed by atoms with Crippen LogP contribution in [0.25, 0.3) is 0 Å². The van der Waals surface area contributed by atoms with Crippen LogP contribution >= 0.6 is 21.6 Å². The molecule has 0 aromatic carbocycles. The van der Waals surface area contributed by atoms with Crippen LogP contribution in [-0.2, 0) is 5.75 Å². The summed E-state index contributed by atoms with van der Waals surface area (Å²) in [5.41, 5.74) is 1.39. The Balaban J connectivity index is 2.54. The zero-order valence-electron chi connectivity index (χ0n) is 4.18. The summed E-state index contributed by atoms with van der Waals surface area (Å²) in [5, 5.41) is 0. The van der Waals surface area contributed by atoms with Crippen LogP contribution in [0.3, 0.4) is 0 Å². The third-order valence-electron chi connectivity index (χ3n) is 1.14. The van der Waals surface area contributed by atoms with Crippen LogP contribution in [0.1, 0.15) is 5.69 Å². The minimum atomic E-state index is 1.15. The van der Waals surface area contributed by atoms with Crippen LogP contribution < -0.4 is 0 Å². The van der Waals surface area contributed by atoms with Gasteiger partial charge in [-0.05, 0) is 6.07 Å². The maximum absolute atomic E-state index is 3.18. The lowest BCUT2D eigenvalue weighted by atomic mass is 10.5. The maximum atomic E-state index is 3.18. The van der Waals surface area contributed by atoms with E-state index in [2.05, 4.69) is 11.1 Å². The average Bonchev–Trinajstić information content (AvgIpc) is 2.15. The molecule has 1 aromatic heterocycles. The van der Waals surface area contributed by atoms with Crippen molar-refractivity contribution in [3.63, 3.8) is 0 Å². The van der Waals surface area contributed by atoms with E-state index in [4.69, 9.17) is 0 Å². The fourth-order valence-corrected chi connectivity index (χ4v) is 3.10. The normalized spacial score (nSPS) is 16.5. The number of nitrogens with one attached hydrogen (secondary N) is 1. The third-order valence-corrected chi connectivity index (χ3v) is 3.47. The number of aromatic amines is 1. The predicted molar refractivity (Wildman–Crippen MR) is 37.9 cm³/mol. The van der Waals surface area contributed by atoms with Crippen molar-refractivity contribution < 1.29 is 0 Å². The standard InChI is InChI=1S/C5H5NS2/c1-2-6-4-3-7-8-5(1)4/h1-2,6H,3H2. The van der Waals surface area contributed by atoms with Gasteiger partial charge < -0.3 is 4.98 Å². The van der Waals surface area contributed by atoms with E-state index in [-0.39, 0.29) is 0 Å². The van der Waals surface area contributed by atoms with Gasteiger partial charge in [0.25, 0.3) is 0 Å². The smallest absolute Gasteiger partial charge is 0.0455 e. The highest BCUT2D eigenvalue weighted by molar-refractivity contribution is 8.76. The number of hydrogen-bond donors (Lipinski definition) is 1. The summed E-state index contributed by atoms with van der Waals surface area (Å²) in [6, 6.07) is 2.12. The lowest BCUT2D eigenvalue weighted by Gasteiger charge is -1.78. The first-order valence-electron chi connectivity index (χ1n) is 2.42. The quantitative estimate of drug-likeness (QED) is 0.561. The van der Waals surface area contributed by atoms with Gasteiger partial charge in [-0.3, -0.25) is 0 Å². The first-order valence-corrected chi connectivity index (χ1v) is 4.74. The highest BCUT2D eigenvalue weighted by Gasteiger charge is 2.11. The fraction of sp³-hybridized carbons (Fsp3) is 0.200. The van der Waals surface area contributed by atoms with Crippen LogP contribution in [0.4, 0.5) is 0 Å². The van der Waals surface area contributed by atoms with Gasteiger partial charge in [0.1, 0.15) is 0 Å². The summed E-state index contributed by atoms with van der Waals surface area (Å²) in [7, 11) is 3.75. The topological polar surface area (TPSA) is 15.8 Å². The summed E-state index contributed by atoms with van der Waals surface area (Å²) >= 11 is 0. The van der Waals surface area contributed by atoms with E-state index < -0.39 is 0 Å². The largest absolute Gasteiger partial charge is 0.363 e. The fourth-order valence-electron chi connectivity index (χ4n) is 0.732. The Kier molecular flexibility index (Phi) is 1.05. The van der Waals surface area contributed by atoms with E-state index >= 15 is 0 Å². The molecule has 0 spiro atoms. The molecule has 0 unspecified atom stereocenters. The molecular weight excluding hydrogens is 138 g/mol. The Labute approximate surface area is 55.6 Å². The van der Waals surface area contributed by atoms with Gasteiger partial charge in [-0.2, -0.15) is 0 Å². The van der Waals surface area contributed by atoms with E-state index in [1.54, 1.807) is 0 Å². The number of hydrogen-bond acceptors (Lipinski definition) is 2. The molecule has 1 nitrogen and oxygen atoms in total. The minimum absolute atomic E-state index is 1.15. The summed E-state index contributed by atoms with van der Waals surface area (Å²) in [6.07, 6.45) is 2.00. The van der Waals surface area contributed by atoms with Crippen LogP contribution in [0.2, 0.25) is 0 Å². The Morgan fingerprint density at radius 3 is 3.50 bits per heavy atom. The van der Waals surface area contributed by atoms with Crippen molar-refractivity contribution in [1.29, 1.82) is 0 Å². The van der Waals surface area contributed by atoms with E-state index in [0.717, 1.165) is 5.75 Å². The zero-order chi connectivity index (χ0) is 5.40. The first-order chi connectivity index (χ1) is 3.97. The minimum Gasteiger partial charge on any atom is -0.363 e. The highest BCUT2D eigenvalue weighted by Crippen LogP contribution is 2.43. The van der Waals surface area contributed by atoms with Gasteiger partial charge in [-0.25, -0.2) is 0 Å². The second-order valence-electron chi connectivity index (χ2n) is 1.67. The Hall–Kier alpha value is -0.0200. The highest BCUT2D eigenvalue weighted by atomic mass is 33.1. The number of H-pyrrole nitrogens is 1. The van der Waals surface area contributed by atoms with Gasteiger partial charge in [-0.15, -0.1) is 0 Å². The summed E-state index contributed by atoms with van der Waals surface area (Å²) in [6.45, 7) is 0. The second kappa shape index (κ2) is 1.74. The molecule has 1 aliphatic rings. The molecule has 2 heterocycles. The van der Waals surface area contributed by atoms with Crippen molar-refractivity contribution in [2.45, 2.75) is 10.6 Å². The molecule has 8 heavy (non-hydrogen) atoms. The molecule has 1 aromatic rings. The monoisotopic (exact) mass is 143 g/mol. The van der Waals surface area contributed by atoms with Crippen LogP contribution in [0.15, 0.2) is 17.2 Å². The average molecular weight is 143 g/mol. The van der Waals surface area contributed by atoms with E-state index in [0.29, 0.717) is 0 Å². The molecule has 0 fully saturated rings. The molecule has 0 radical (unpaired) electrons. The molecular formula is C5H5NS2. The van der Waals surface area contributed by atoms with Crippen molar-refractivity contribution in [1.82, 2.24) is 4.98 Å². The van der Waals surface area contributed by atoms with Crippen molar-refractivity contribution in [3.8, 4) is 0 Å². The summed E-state index contributed by atoms with van der Waals surface area (Å²) < 4.78 is 0. The van der Waals surface area contributed by atoms with Gasteiger partial charge in [0.2, 0.25) is 0 Å². The molecule has 0 bridgehead atoms. The molecule has 0 aliphatic carbocycles. The molecule has 1 aliphatic heterocycles. The molecule has 0 amide bonds. The first kappa shape index (κ1) is 4.82. The summed E-state index contributed by atoms with van der Waals surface area (Å²) in [4.78, 5) is 4.59. The zero-order valence-corrected chi connectivity index (χ0v) is 5.81. The van der Waals surface area contributed by atoms with Crippen LogP contribution in [-0.4, -0.2) is 4.98 Å². The molecule has 3 heteroatoms. The van der Waals surface area contributed by atoms with Gasteiger partial charge in [0.15, 0.2) is 0 Å². The Morgan fingerprint density at radius 1 is 1.62 bits per heavy atom. The van der Waals surface area contributed by atoms with Crippen molar-refractivity contribution in [2.75, 3.05) is 0 Å². The molecule has 0 saturated heterocycles. The molecule has 0 saturated carbocycles. The number of fused-ring (bicyclic) bond motifs is 1. The molecule has 42 valence electrons. The molecule has 0 atom stereocenters. The van der Waals surface area contributed by atoms with Gasteiger partial charge >= 0.3 is 0 Å². The lowest BCUT2D eigenvalue weighted by molar-refractivity contribution is 1.19. The Morgan fingerprint density at radius 2 is 2.62 bits per heavy atom.